The van der Waals surface area contributed by atoms with Crippen molar-refractivity contribution in [3.05, 3.63) is 83.0 Å². The van der Waals surface area contributed by atoms with Crippen molar-refractivity contribution in [3.8, 4) is 5.69 Å². The van der Waals surface area contributed by atoms with Gasteiger partial charge in [-0.25, -0.2) is 18.4 Å². The number of hydrogen-bond acceptors (Lipinski definition) is 4. The van der Waals surface area contributed by atoms with Crippen molar-refractivity contribution in [3.63, 3.8) is 0 Å². The molecule has 1 N–H and O–H groups in total. The number of nitrogens with one attached hydrogen (secondary N) is 1. The van der Waals surface area contributed by atoms with Crippen molar-refractivity contribution < 1.29 is 13.6 Å². The van der Waals surface area contributed by atoms with E-state index in [1.54, 1.807) is 4.68 Å². The van der Waals surface area contributed by atoms with Gasteiger partial charge >= 0.3 is 0 Å². The molecule has 146 valence electrons. The SMILES string of the molecule is O=C(CCn1cnc2c(cnn2-c2ccccc2)c1=O)Nc1cc(F)ccc1F. The molecule has 2 aromatic heterocycles. The summed E-state index contributed by atoms with van der Waals surface area (Å²) in [7, 11) is 0. The highest BCUT2D eigenvalue weighted by atomic mass is 19.1. The van der Waals surface area contributed by atoms with Crippen molar-refractivity contribution in [2.75, 3.05) is 5.32 Å². The predicted octanol–water partition coefficient (Wildman–Crippen LogP) is 2.89. The molecule has 2 aromatic carbocycles. The monoisotopic (exact) mass is 395 g/mol. The summed E-state index contributed by atoms with van der Waals surface area (Å²) in [6, 6.07) is 12.0. The number of anilines is 1. The Labute approximate surface area is 163 Å². The summed E-state index contributed by atoms with van der Waals surface area (Å²) in [4.78, 5) is 29.0. The molecule has 0 aliphatic carbocycles. The molecule has 0 aliphatic heterocycles. The average Bonchev–Trinajstić information content (AvgIpc) is 3.16. The van der Waals surface area contributed by atoms with Gasteiger partial charge in [0.15, 0.2) is 5.65 Å². The minimum Gasteiger partial charge on any atom is -0.323 e. The zero-order chi connectivity index (χ0) is 20.4. The number of halogens is 2. The Kier molecular flexibility index (Phi) is 4.86. The molecular formula is C20H15F2N5O2. The third kappa shape index (κ3) is 3.75. The van der Waals surface area contributed by atoms with E-state index in [4.69, 9.17) is 0 Å². The van der Waals surface area contributed by atoms with E-state index < -0.39 is 17.5 Å². The van der Waals surface area contributed by atoms with Crippen molar-refractivity contribution in [2.24, 2.45) is 0 Å². The Balaban J connectivity index is 1.52. The second-order valence-electron chi connectivity index (χ2n) is 6.29. The summed E-state index contributed by atoms with van der Waals surface area (Å²) in [6.45, 7) is 0.0288. The predicted molar refractivity (Wildman–Crippen MR) is 103 cm³/mol. The fraction of sp³-hybridized carbons (Fsp3) is 0.100. The number of fused-ring (bicyclic) bond motifs is 1. The minimum atomic E-state index is -0.742. The topological polar surface area (TPSA) is 81.8 Å². The van der Waals surface area contributed by atoms with Crippen LogP contribution in [0.15, 0.2) is 65.8 Å². The highest BCUT2D eigenvalue weighted by molar-refractivity contribution is 5.90. The van der Waals surface area contributed by atoms with Crippen LogP contribution < -0.4 is 10.9 Å². The molecule has 2 heterocycles. The number of amides is 1. The first-order valence-electron chi connectivity index (χ1n) is 8.76. The molecule has 0 saturated heterocycles. The van der Waals surface area contributed by atoms with Crippen LogP contribution in [-0.4, -0.2) is 25.2 Å². The van der Waals surface area contributed by atoms with Gasteiger partial charge in [0.05, 0.1) is 23.9 Å². The summed E-state index contributed by atoms with van der Waals surface area (Å²) in [5, 5.41) is 6.83. The molecule has 9 heteroatoms. The molecule has 29 heavy (non-hydrogen) atoms. The summed E-state index contributed by atoms with van der Waals surface area (Å²) in [6.07, 6.45) is 2.65. The Morgan fingerprint density at radius 1 is 1.10 bits per heavy atom. The number of carbonyl (C=O) groups excluding carboxylic acids is 1. The second-order valence-corrected chi connectivity index (χ2v) is 6.29. The summed E-state index contributed by atoms with van der Waals surface area (Å²) in [5.74, 6) is -1.96. The molecule has 0 aliphatic rings. The van der Waals surface area contributed by atoms with Gasteiger partial charge in [0.1, 0.15) is 17.0 Å². The zero-order valence-electron chi connectivity index (χ0n) is 15.0. The first-order valence-corrected chi connectivity index (χ1v) is 8.76. The highest BCUT2D eigenvalue weighted by Crippen LogP contribution is 2.16. The second kappa shape index (κ2) is 7.63. The lowest BCUT2D eigenvalue weighted by molar-refractivity contribution is -0.116. The van der Waals surface area contributed by atoms with E-state index in [0.717, 1.165) is 23.9 Å². The van der Waals surface area contributed by atoms with Gasteiger partial charge in [-0.1, -0.05) is 18.2 Å². The lowest BCUT2D eigenvalue weighted by atomic mass is 10.2. The first kappa shape index (κ1) is 18.5. The Morgan fingerprint density at radius 2 is 1.90 bits per heavy atom. The molecular weight excluding hydrogens is 380 g/mol. The van der Waals surface area contributed by atoms with Gasteiger partial charge in [0.25, 0.3) is 5.56 Å². The van der Waals surface area contributed by atoms with Crippen molar-refractivity contribution in [2.45, 2.75) is 13.0 Å². The van der Waals surface area contributed by atoms with E-state index in [1.807, 2.05) is 30.3 Å². The highest BCUT2D eigenvalue weighted by Gasteiger charge is 2.13. The quantitative estimate of drug-likeness (QED) is 0.563. The number of para-hydroxylation sites is 1. The summed E-state index contributed by atoms with van der Waals surface area (Å²) >= 11 is 0. The number of rotatable bonds is 5. The van der Waals surface area contributed by atoms with Gasteiger partial charge in [0, 0.05) is 19.0 Å². The molecule has 7 nitrogen and oxygen atoms in total. The Bertz CT molecular complexity index is 1250. The van der Waals surface area contributed by atoms with E-state index in [0.29, 0.717) is 11.0 Å². The third-order valence-corrected chi connectivity index (χ3v) is 4.34. The van der Waals surface area contributed by atoms with E-state index >= 15 is 0 Å². The Hall–Kier alpha value is -3.88. The van der Waals surface area contributed by atoms with Gasteiger partial charge in [-0.15, -0.1) is 0 Å². The van der Waals surface area contributed by atoms with E-state index in [1.165, 1.54) is 17.1 Å². The van der Waals surface area contributed by atoms with Crippen LogP contribution in [0.25, 0.3) is 16.7 Å². The average molecular weight is 395 g/mol. The molecule has 1 amide bonds. The van der Waals surface area contributed by atoms with Crippen LogP contribution in [0.1, 0.15) is 6.42 Å². The van der Waals surface area contributed by atoms with Crippen LogP contribution in [0, 0.1) is 11.6 Å². The molecule has 0 bridgehead atoms. The fourth-order valence-electron chi connectivity index (χ4n) is 2.89. The molecule has 0 fully saturated rings. The standard InChI is InChI=1S/C20H15F2N5O2/c21-13-6-7-16(22)17(10-13)25-18(28)8-9-26-12-23-19-15(20(26)29)11-24-27(19)14-4-2-1-3-5-14/h1-7,10-12H,8-9H2,(H,25,28). The van der Waals surface area contributed by atoms with Gasteiger partial charge in [-0.3, -0.25) is 14.2 Å². The smallest absolute Gasteiger partial charge is 0.264 e. The van der Waals surface area contributed by atoms with Gasteiger partial charge in [-0.05, 0) is 24.3 Å². The van der Waals surface area contributed by atoms with Gasteiger partial charge in [0.2, 0.25) is 5.91 Å². The van der Waals surface area contributed by atoms with Crippen molar-refractivity contribution >= 4 is 22.6 Å². The van der Waals surface area contributed by atoms with Crippen LogP contribution >= 0.6 is 0 Å². The molecule has 4 aromatic rings. The lowest BCUT2D eigenvalue weighted by Gasteiger charge is -2.08. The zero-order valence-corrected chi connectivity index (χ0v) is 15.0. The molecule has 0 atom stereocenters. The minimum absolute atomic E-state index is 0.0288. The molecule has 4 rings (SSSR count). The number of hydrogen-bond donors (Lipinski definition) is 1. The number of carbonyl (C=O) groups is 1. The fourth-order valence-corrected chi connectivity index (χ4v) is 2.89. The van der Waals surface area contributed by atoms with Crippen LogP contribution in [0.5, 0.6) is 0 Å². The summed E-state index contributed by atoms with van der Waals surface area (Å²) in [5.41, 5.74) is 0.578. The normalized spacial score (nSPS) is 11.0. The Morgan fingerprint density at radius 3 is 2.69 bits per heavy atom. The molecule has 0 unspecified atom stereocenters. The number of aromatic nitrogens is 4. The van der Waals surface area contributed by atoms with E-state index in [2.05, 4.69) is 15.4 Å². The maximum Gasteiger partial charge on any atom is 0.264 e. The van der Waals surface area contributed by atoms with Crippen molar-refractivity contribution in [1.29, 1.82) is 0 Å². The number of benzene rings is 2. The molecule has 0 radical (unpaired) electrons. The van der Waals surface area contributed by atoms with Gasteiger partial charge < -0.3 is 5.32 Å². The maximum atomic E-state index is 13.6. The first-order chi connectivity index (χ1) is 14.0. The van der Waals surface area contributed by atoms with Crippen LogP contribution in [-0.2, 0) is 11.3 Å². The lowest BCUT2D eigenvalue weighted by Crippen LogP contribution is -2.23. The third-order valence-electron chi connectivity index (χ3n) is 4.34. The molecule has 0 saturated carbocycles. The van der Waals surface area contributed by atoms with Crippen molar-refractivity contribution in [1.82, 2.24) is 19.3 Å². The summed E-state index contributed by atoms with van der Waals surface area (Å²) < 4.78 is 29.6. The van der Waals surface area contributed by atoms with Gasteiger partial charge in [-0.2, -0.15) is 5.10 Å². The maximum absolute atomic E-state index is 13.6. The van der Waals surface area contributed by atoms with Crippen LogP contribution in [0.4, 0.5) is 14.5 Å². The largest absolute Gasteiger partial charge is 0.323 e. The van der Waals surface area contributed by atoms with Crippen LogP contribution in [0.3, 0.4) is 0 Å². The van der Waals surface area contributed by atoms with Crippen LogP contribution in [0.2, 0.25) is 0 Å². The molecule has 0 spiro atoms. The number of nitrogens with zero attached hydrogens (tertiary/aromatic N) is 4. The van der Waals surface area contributed by atoms with E-state index in [9.17, 15) is 18.4 Å². The van der Waals surface area contributed by atoms with E-state index in [-0.39, 0.29) is 24.2 Å². The number of aryl methyl sites for hydroxylation is 1.